The van der Waals surface area contributed by atoms with Crippen LogP contribution in [0.25, 0.3) is 0 Å². The highest BCUT2D eigenvalue weighted by atomic mass is 16.2. The van der Waals surface area contributed by atoms with Crippen LogP contribution >= 0.6 is 0 Å². The molecular weight excluding hydrogens is 176 g/mol. The van der Waals surface area contributed by atoms with Crippen molar-refractivity contribution >= 4 is 5.91 Å². The molecule has 0 aliphatic rings. The van der Waals surface area contributed by atoms with Gasteiger partial charge in [-0.15, -0.1) is 0 Å². The molecule has 2 N–H and O–H groups in total. The highest BCUT2D eigenvalue weighted by molar-refractivity contribution is 5.78. The van der Waals surface area contributed by atoms with E-state index in [1.807, 2.05) is 18.7 Å². The number of hydrogen-bond acceptors (Lipinski definition) is 2. The average molecular weight is 200 g/mol. The van der Waals surface area contributed by atoms with E-state index in [0.29, 0.717) is 12.5 Å². The second kappa shape index (κ2) is 6.82. The first-order valence-corrected chi connectivity index (χ1v) is 5.53. The van der Waals surface area contributed by atoms with Crippen LogP contribution in [0.3, 0.4) is 0 Å². The lowest BCUT2D eigenvalue weighted by molar-refractivity contribution is -0.136. The molecule has 0 aromatic carbocycles. The van der Waals surface area contributed by atoms with Gasteiger partial charge in [0, 0.05) is 19.0 Å². The van der Waals surface area contributed by atoms with E-state index in [0.717, 1.165) is 19.5 Å². The van der Waals surface area contributed by atoms with E-state index in [9.17, 15) is 4.79 Å². The molecule has 0 saturated carbocycles. The molecule has 0 fully saturated rings. The largest absolute Gasteiger partial charge is 0.343 e. The quantitative estimate of drug-likeness (QED) is 0.706. The van der Waals surface area contributed by atoms with E-state index in [1.165, 1.54) is 0 Å². The third kappa shape index (κ3) is 4.09. The Balaban J connectivity index is 4.16. The lowest BCUT2D eigenvalue weighted by Crippen LogP contribution is -2.38. The molecule has 0 aliphatic carbocycles. The maximum Gasteiger partial charge on any atom is 0.225 e. The van der Waals surface area contributed by atoms with Gasteiger partial charge in [0.1, 0.15) is 0 Å². The van der Waals surface area contributed by atoms with Gasteiger partial charge in [-0.3, -0.25) is 4.79 Å². The number of amides is 1. The Bertz CT molecular complexity index is 169. The second-order valence-electron chi connectivity index (χ2n) is 4.09. The van der Waals surface area contributed by atoms with Gasteiger partial charge in [-0.25, -0.2) is 0 Å². The van der Waals surface area contributed by atoms with Crippen LogP contribution in [0, 0.1) is 11.8 Å². The lowest BCUT2D eigenvalue weighted by Gasteiger charge is -2.26. The van der Waals surface area contributed by atoms with E-state index in [1.54, 1.807) is 0 Å². The van der Waals surface area contributed by atoms with Crippen LogP contribution in [-0.4, -0.2) is 30.4 Å². The Morgan fingerprint density at radius 2 is 1.93 bits per heavy atom. The molecule has 0 aromatic heterocycles. The molecule has 3 nitrogen and oxygen atoms in total. The summed E-state index contributed by atoms with van der Waals surface area (Å²) in [5.41, 5.74) is 5.43. The van der Waals surface area contributed by atoms with Crippen LogP contribution in [-0.2, 0) is 4.79 Å². The van der Waals surface area contributed by atoms with Gasteiger partial charge >= 0.3 is 0 Å². The molecular formula is C11H24N2O. The van der Waals surface area contributed by atoms with Crippen LogP contribution in [0.2, 0.25) is 0 Å². The van der Waals surface area contributed by atoms with Gasteiger partial charge < -0.3 is 10.6 Å². The predicted octanol–water partition coefficient (Wildman–Crippen LogP) is 1.48. The summed E-state index contributed by atoms with van der Waals surface area (Å²) >= 11 is 0. The summed E-state index contributed by atoms with van der Waals surface area (Å²) in [6.45, 7) is 10.4. The average Bonchev–Trinajstić information content (AvgIpc) is 2.17. The summed E-state index contributed by atoms with van der Waals surface area (Å²) in [6.07, 6.45) is 0.893. The van der Waals surface area contributed by atoms with E-state index in [2.05, 4.69) is 13.8 Å². The van der Waals surface area contributed by atoms with Crippen molar-refractivity contribution in [3.8, 4) is 0 Å². The fraction of sp³-hybridized carbons (Fsp3) is 0.909. The van der Waals surface area contributed by atoms with Crippen molar-refractivity contribution in [2.45, 2.75) is 34.1 Å². The normalized spacial score (nSPS) is 13.0. The highest BCUT2D eigenvalue weighted by Gasteiger charge is 2.21. The van der Waals surface area contributed by atoms with Gasteiger partial charge in [0.15, 0.2) is 0 Å². The number of rotatable bonds is 6. The first-order chi connectivity index (χ1) is 6.54. The standard InChI is InChI=1S/C11H24N2O/c1-5-13(8-6-7-12)11(14)10(4)9(2)3/h9-10H,5-8,12H2,1-4H3. The molecule has 0 rings (SSSR count). The van der Waals surface area contributed by atoms with Gasteiger partial charge in [0.05, 0.1) is 0 Å². The van der Waals surface area contributed by atoms with E-state index in [-0.39, 0.29) is 11.8 Å². The van der Waals surface area contributed by atoms with E-state index in [4.69, 9.17) is 5.73 Å². The van der Waals surface area contributed by atoms with Gasteiger partial charge in [0.25, 0.3) is 0 Å². The molecule has 1 atom stereocenters. The van der Waals surface area contributed by atoms with Crippen molar-refractivity contribution < 1.29 is 4.79 Å². The van der Waals surface area contributed by atoms with Crippen molar-refractivity contribution in [1.82, 2.24) is 4.90 Å². The number of nitrogens with two attached hydrogens (primary N) is 1. The molecule has 84 valence electrons. The minimum Gasteiger partial charge on any atom is -0.343 e. The lowest BCUT2D eigenvalue weighted by atomic mass is 9.96. The number of carbonyl (C=O) groups is 1. The minimum atomic E-state index is 0.118. The molecule has 1 unspecified atom stereocenters. The molecule has 0 aliphatic heterocycles. The van der Waals surface area contributed by atoms with Gasteiger partial charge in [-0.2, -0.15) is 0 Å². The molecule has 0 aromatic rings. The van der Waals surface area contributed by atoms with Crippen LogP contribution in [0.15, 0.2) is 0 Å². The van der Waals surface area contributed by atoms with E-state index < -0.39 is 0 Å². The van der Waals surface area contributed by atoms with Crippen molar-refractivity contribution in [3.05, 3.63) is 0 Å². The van der Waals surface area contributed by atoms with Crippen molar-refractivity contribution in [1.29, 1.82) is 0 Å². The molecule has 1 amide bonds. The zero-order valence-electron chi connectivity index (χ0n) is 9.92. The fourth-order valence-corrected chi connectivity index (χ4v) is 1.28. The van der Waals surface area contributed by atoms with Crippen molar-refractivity contribution in [2.24, 2.45) is 17.6 Å². The molecule has 0 spiro atoms. The van der Waals surface area contributed by atoms with Crippen LogP contribution in [0.4, 0.5) is 0 Å². The van der Waals surface area contributed by atoms with Crippen molar-refractivity contribution in [2.75, 3.05) is 19.6 Å². The SMILES string of the molecule is CCN(CCCN)C(=O)C(C)C(C)C. The second-order valence-corrected chi connectivity index (χ2v) is 4.09. The Morgan fingerprint density at radius 1 is 1.36 bits per heavy atom. The smallest absolute Gasteiger partial charge is 0.225 e. The zero-order valence-corrected chi connectivity index (χ0v) is 9.92. The first kappa shape index (κ1) is 13.4. The molecule has 14 heavy (non-hydrogen) atoms. The maximum atomic E-state index is 11.9. The monoisotopic (exact) mass is 200 g/mol. The third-order valence-corrected chi connectivity index (χ3v) is 2.72. The summed E-state index contributed by atoms with van der Waals surface area (Å²) in [5, 5.41) is 0. The molecule has 0 heterocycles. The fourth-order valence-electron chi connectivity index (χ4n) is 1.28. The summed E-state index contributed by atoms with van der Waals surface area (Å²) in [4.78, 5) is 13.8. The molecule has 0 bridgehead atoms. The Labute approximate surface area is 87.6 Å². The topological polar surface area (TPSA) is 46.3 Å². The molecule has 0 radical (unpaired) electrons. The Kier molecular flexibility index (Phi) is 6.54. The summed E-state index contributed by atoms with van der Waals surface area (Å²) in [7, 11) is 0. The molecule has 3 heteroatoms. The van der Waals surface area contributed by atoms with Crippen LogP contribution < -0.4 is 5.73 Å². The van der Waals surface area contributed by atoms with Crippen LogP contribution in [0.5, 0.6) is 0 Å². The summed E-state index contributed by atoms with van der Waals surface area (Å²) in [6, 6.07) is 0. The maximum absolute atomic E-state index is 11.9. The Morgan fingerprint density at radius 3 is 2.29 bits per heavy atom. The van der Waals surface area contributed by atoms with Gasteiger partial charge in [0.2, 0.25) is 5.91 Å². The molecule has 0 saturated heterocycles. The summed E-state index contributed by atoms with van der Waals surface area (Å²) in [5.74, 6) is 0.790. The summed E-state index contributed by atoms with van der Waals surface area (Å²) < 4.78 is 0. The predicted molar refractivity (Wildman–Crippen MR) is 59.9 cm³/mol. The first-order valence-electron chi connectivity index (χ1n) is 5.53. The Hall–Kier alpha value is -0.570. The van der Waals surface area contributed by atoms with Gasteiger partial charge in [-0.1, -0.05) is 20.8 Å². The third-order valence-electron chi connectivity index (χ3n) is 2.72. The minimum absolute atomic E-state index is 0.118. The number of nitrogens with zero attached hydrogens (tertiary/aromatic N) is 1. The van der Waals surface area contributed by atoms with Crippen molar-refractivity contribution in [3.63, 3.8) is 0 Å². The highest BCUT2D eigenvalue weighted by Crippen LogP contribution is 2.13. The number of hydrogen-bond donors (Lipinski definition) is 1. The zero-order chi connectivity index (χ0) is 11.1. The van der Waals surface area contributed by atoms with Crippen LogP contribution in [0.1, 0.15) is 34.1 Å². The van der Waals surface area contributed by atoms with Gasteiger partial charge in [-0.05, 0) is 25.8 Å². The van der Waals surface area contributed by atoms with E-state index >= 15 is 0 Å². The number of carbonyl (C=O) groups excluding carboxylic acids is 1.